The van der Waals surface area contributed by atoms with Crippen LogP contribution in [0.25, 0.3) is 11.1 Å². The van der Waals surface area contributed by atoms with Crippen LogP contribution >= 0.6 is 0 Å². The quantitative estimate of drug-likeness (QED) is 0.687. The summed E-state index contributed by atoms with van der Waals surface area (Å²) < 4.78 is 0. The Morgan fingerprint density at radius 2 is 1.59 bits per heavy atom. The molecule has 1 heteroatoms. The molecule has 0 saturated heterocycles. The van der Waals surface area contributed by atoms with Crippen LogP contribution in [0, 0.1) is 6.92 Å². The molecule has 2 aromatic rings. The van der Waals surface area contributed by atoms with Crippen molar-refractivity contribution in [3.05, 3.63) is 79.7 Å². The molecule has 0 bridgehead atoms. The van der Waals surface area contributed by atoms with E-state index < -0.39 is 0 Å². The van der Waals surface area contributed by atoms with Crippen LogP contribution < -0.4 is 0 Å². The van der Waals surface area contributed by atoms with Gasteiger partial charge in [0.2, 0.25) is 0 Å². The van der Waals surface area contributed by atoms with E-state index in [1.54, 1.807) is 12.2 Å². The number of rotatable bonds is 2. The first-order valence-corrected chi connectivity index (χ1v) is 5.48. The molecule has 1 aromatic carbocycles. The highest BCUT2D eigenvalue weighted by molar-refractivity contribution is 5.63. The van der Waals surface area contributed by atoms with Gasteiger partial charge in [-0.05, 0) is 30.2 Å². The molecule has 0 spiro atoms. The minimum Gasteiger partial charge on any atom is -0.265 e. The number of nitrogens with zero attached hydrogens (tertiary/aromatic N) is 1. The Labute approximate surface area is 103 Å². The highest BCUT2D eigenvalue weighted by Crippen LogP contribution is 2.18. The molecule has 1 aromatic heterocycles. The van der Waals surface area contributed by atoms with E-state index in [1.165, 1.54) is 16.7 Å². The van der Waals surface area contributed by atoms with Crippen molar-refractivity contribution in [2.45, 2.75) is 6.92 Å². The Morgan fingerprint density at radius 1 is 0.941 bits per heavy atom. The molecule has 0 atom stereocenters. The van der Waals surface area contributed by atoms with Gasteiger partial charge in [-0.25, -0.2) is 0 Å². The van der Waals surface area contributed by atoms with Gasteiger partial charge in [0.15, 0.2) is 0 Å². The second-order valence-electron chi connectivity index (χ2n) is 3.58. The van der Waals surface area contributed by atoms with Gasteiger partial charge >= 0.3 is 0 Å². The summed E-state index contributed by atoms with van der Waals surface area (Å²) in [6.45, 7) is 8.82. The predicted octanol–water partition coefficient (Wildman–Crippen LogP) is 4.42. The van der Waals surface area contributed by atoms with E-state index in [1.807, 2.05) is 24.5 Å². The van der Waals surface area contributed by atoms with Gasteiger partial charge in [-0.3, -0.25) is 4.98 Å². The Bertz CT molecular complexity index is 466. The largest absolute Gasteiger partial charge is 0.265 e. The van der Waals surface area contributed by atoms with Gasteiger partial charge < -0.3 is 0 Å². The molecular formula is C16H17N. The molecule has 2 rings (SSSR count). The number of hydrogen-bond donors (Lipinski definition) is 0. The van der Waals surface area contributed by atoms with Crippen LogP contribution in [0.2, 0.25) is 0 Å². The first-order valence-electron chi connectivity index (χ1n) is 5.48. The number of aryl methyl sites for hydroxylation is 1. The highest BCUT2D eigenvalue weighted by Gasteiger charge is 1.95. The van der Waals surface area contributed by atoms with Gasteiger partial charge in [0.25, 0.3) is 0 Å². The normalized spacial score (nSPS) is 8.76. The maximum Gasteiger partial charge on any atom is 0.0273 e. The zero-order valence-corrected chi connectivity index (χ0v) is 10.1. The Balaban J connectivity index is 0.000000317. The second kappa shape index (κ2) is 7.18. The topological polar surface area (TPSA) is 12.9 Å². The molecule has 0 unspecified atom stereocenters. The van der Waals surface area contributed by atoms with Crippen molar-refractivity contribution in [3.63, 3.8) is 0 Å². The smallest absolute Gasteiger partial charge is 0.0273 e. The van der Waals surface area contributed by atoms with Crippen LogP contribution in [-0.4, -0.2) is 4.98 Å². The summed E-state index contributed by atoms with van der Waals surface area (Å²) in [5.74, 6) is 0. The molecule has 17 heavy (non-hydrogen) atoms. The zero-order valence-electron chi connectivity index (χ0n) is 10.1. The molecule has 86 valence electrons. The van der Waals surface area contributed by atoms with Gasteiger partial charge in [0.05, 0.1) is 0 Å². The Kier molecular flexibility index (Phi) is 5.45. The number of aromatic nitrogens is 1. The highest BCUT2D eigenvalue weighted by atomic mass is 14.6. The third-order valence-electron chi connectivity index (χ3n) is 2.20. The van der Waals surface area contributed by atoms with Crippen LogP contribution in [0.5, 0.6) is 0 Å². The van der Waals surface area contributed by atoms with Crippen molar-refractivity contribution in [2.24, 2.45) is 0 Å². The lowest BCUT2D eigenvalue weighted by Gasteiger charge is -2.01. The first kappa shape index (κ1) is 12.9. The van der Waals surface area contributed by atoms with Crippen molar-refractivity contribution in [2.75, 3.05) is 0 Å². The van der Waals surface area contributed by atoms with E-state index in [4.69, 9.17) is 0 Å². The van der Waals surface area contributed by atoms with Crippen LogP contribution in [-0.2, 0) is 0 Å². The standard InChI is InChI=1S/C12H11N.C4H6/c1-10-3-2-4-12(9-10)11-5-7-13-8-6-11;1-3-4-2/h2-9H,1H3;3-4H,1-2H2. The minimum absolute atomic E-state index is 1.22. The summed E-state index contributed by atoms with van der Waals surface area (Å²) in [5.41, 5.74) is 3.76. The lowest BCUT2D eigenvalue weighted by molar-refractivity contribution is 1.33. The lowest BCUT2D eigenvalue weighted by Crippen LogP contribution is -1.79. The maximum absolute atomic E-state index is 3.99. The van der Waals surface area contributed by atoms with Gasteiger partial charge in [-0.1, -0.05) is 55.1 Å². The molecule has 0 aliphatic heterocycles. The zero-order chi connectivity index (χ0) is 12.5. The fourth-order valence-electron chi connectivity index (χ4n) is 1.37. The van der Waals surface area contributed by atoms with Gasteiger partial charge in [-0.2, -0.15) is 0 Å². The van der Waals surface area contributed by atoms with E-state index >= 15 is 0 Å². The third kappa shape index (κ3) is 4.47. The van der Waals surface area contributed by atoms with Crippen molar-refractivity contribution >= 4 is 0 Å². The van der Waals surface area contributed by atoms with E-state index in [9.17, 15) is 0 Å². The molecule has 1 heterocycles. The average Bonchev–Trinajstić information content (AvgIpc) is 2.40. The molecular weight excluding hydrogens is 206 g/mol. The van der Waals surface area contributed by atoms with Crippen molar-refractivity contribution in [3.8, 4) is 11.1 Å². The predicted molar refractivity (Wildman–Crippen MR) is 74.8 cm³/mol. The van der Waals surface area contributed by atoms with Gasteiger partial charge in [0, 0.05) is 12.4 Å². The van der Waals surface area contributed by atoms with Crippen LogP contribution in [0.3, 0.4) is 0 Å². The second-order valence-corrected chi connectivity index (χ2v) is 3.58. The van der Waals surface area contributed by atoms with E-state index in [0.29, 0.717) is 0 Å². The molecule has 0 radical (unpaired) electrons. The van der Waals surface area contributed by atoms with Crippen LogP contribution in [0.4, 0.5) is 0 Å². The van der Waals surface area contributed by atoms with Crippen LogP contribution in [0.1, 0.15) is 5.56 Å². The summed E-state index contributed by atoms with van der Waals surface area (Å²) in [4.78, 5) is 3.99. The molecule has 0 N–H and O–H groups in total. The Morgan fingerprint density at radius 3 is 2.12 bits per heavy atom. The summed E-state index contributed by atoms with van der Waals surface area (Å²) >= 11 is 0. The fraction of sp³-hybridized carbons (Fsp3) is 0.0625. The molecule has 0 aliphatic carbocycles. The van der Waals surface area contributed by atoms with Crippen molar-refractivity contribution in [1.29, 1.82) is 0 Å². The number of benzene rings is 1. The summed E-state index contributed by atoms with van der Waals surface area (Å²) in [6.07, 6.45) is 6.91. The Hall–Kier alpha value is -2.15. The lowest BCUT2D eigenvalue weighted by atomic mass is 10.1. The fourth-order valence-corrected chi connectivity index (χ4v) is 1.37. The summed E-state index contributed by atoms with van der Waals surface area (Å²) in [5, 5.41) is 0. The summed E-state index contributed by atoms with van der Waals surface area (Å²) in [6, 6.07) is 12.5. The minimum atomic E-state index is 1.22. The molecule has 0 fully saturated rings. The summed E-state index contributed by atoms with van der Waals surface area (Å²) in [7, 11) is 0. The number of hydrogen-bond acceptors (Lipinski definition) is 1. The molecule has 0 saturated carbocycles. The monoisotopic (exact) mass is 223 g/mol. The van der Waals surface area contributed by atoms with E-state index in [2.05, 4.69) is 49.3 Å². The van der Waals surface area contributed by atoms with E-state index in [0.717, 1.165) is 0 Å². The van der Waals surface area contributed by atoms with Crippen molar-refractivity contribution < 1.29 is 0 Å². The van der Waals surface area contributed by atoms with Crippen molar-refractivity contribution in [1.82, 2.24) is 4.98 Å². The van der Waals surface area contributed by atoms with Crippen LogP contribution in [0.15, 0.2) is 74.1 Å². The molecule has 0 aliphatic rings. The van der Waals surface area contributed by atoms with Gasteiger partial charge in [0.1, 0.15) is 0 Å². The van der Waals surface area contributed by atoms with Gasteiger partial charge in [-0.15, -0.1) is 0 Å². The number of allylic oxidation sites excluding steroid dienone is 2. The number of pyridine rings is 1. The first-order chi connectivity index (χ1) is 8.27. The SMILES string of the molecule is C=CC=C.Cc1cccc(-c2ccncc2)c1. The molecule has 0 amide bonds. The third-order valence-corrected chi connectivity index (χ3v) is 2.20. The molecule has 1 nitrogen and oxygen atoms in total. The van der Waals surface area contributed by atoms with E-state index in [-0.39, 0.29) is 0 Å². The maximum atomic E-state index is 3.99. The average molecular weight is 223 g/mol.